The van der Waals surface area contributed by atoms with Crippen LogP contribution in [0, 0.1) is 22.7 Å². The summed E-state index contributed by atoms with van der Waals surface area (Å²) in [5.74, 6) is 4.18. The Morgan fingerprint density at radius 2 is 1.31 bits per heavy atom. The van der Waals surface area contributed by atoms with Crippen LogP contribution >= 0.6 is 0 Å². The molecule has 344 valence electrons. The van der Waals surface area contributed by atoms with E-state index in [4.69, 9.17) is 18.9 Å². The first-order valence-electron chi connectivity index (χ1n) is 25.2. The molecule has 5 aromatic carbocycles. The summed E-state index contributed by atoms with van der Waals surface area (Å²) in [6.07, 6.45) is 14.7. The van der Waals surface area contributed by atoms with Gasteiger partial charge in [-0.3, -0.25) is 0 Å². The molecule has 65 heavy (non-hydrogen) atoms. The van der Waals surface area contributed by atoms with Crippen molar-refractivity contribution in [2.24, 2.45) is 22.7 Å². The van der Waals surface area contributed by atoms with Crippen molar-refractivity contribution >= 4 is 22.5 Å². The lowest BCUT2D eigenvalue weighted by Crippen LogP contribution is -2.44. The minimum absolute atomic E-state index is 0.148. The van der Waals surface area contributed by atoms with Gasteiger partial charge in [-0.25, -0.2) is 0 Å². The lowest BCUT2D eigenvalue weighted by atomic mass is 9.52. The summed E-state index contributed by atoms with van der Waals surface area (Å²) in [5.41, 5.74) is 11.6. The van der Waals surface area contributed by atoms with Gasteiger partial charge in [0.15, 0.2) is 5.60 Å². The molecule has 11 rings (SSSR count). The number of ether oxygens (including phenoxy) is 4. The third-order valence-electron chi connectivity index (χ3n) is 16.0. The molecule has 5 nitrogen and oxygen atoms in total. The van der Waals surface area contributed by atoms with Gasteiger partial charge in [0.25, 0.3) is 0 Å². The van der Waals surface area contributed by atoms with Gasteiger partial charge in [0.1, 0.15) is 17.2 Å². The van der Waals surface area contributed by atoms with Crippen LogP contribution in [0.4, 0.5) is 5.69 Å². The van der Waals surface area contributed by atoms with E-state index in [2.05, 4.69) is 137 Å². The average Bonchev–Trinajstić information content (AvgIpc) is 3.78. The summed E-state index contributed by atoms with van der Waals surface area (Å²) in [5, 5.41) is 2.57. The van der Waals surface area contributed by atoms with Crippen LogP contribution in [0.5, 0.6) is 17.2 Å². The maximum absolute atomic E-state index is 8.01. The molecule has 4 fully saturated rings. The van der Waals surface area contributed by atoms with Crippen LogP contribution in [0.2, 0.25) is 0 Å². The highest BCUT2D eigenvalue weighted by atomic mass is 16.5. The number of benzene rings is 5. The third kappa shape index (κ3) is 7.47. The maximum atomic E-state index is 8.01. The van der Waals surface area contributed by atoms with Gasteiger partial charge in [0.05, 0.1) is 27.4 Å². The number of hydrogen-bond acceptors (Lipinski definition) is 5. The van der Waals surface area contributed by atoms with Crippen molar-refractivity contribution in [2.75, 3.05) is 45.4 Å². The second-order valence-corrected chi connectivity index (χ2v) is 21.6. The molecule has 0 amide bonds. The second-order valence-electron chi connectivity index (χ2n) is 21.6. The van der Waals surface area contributed by atoms with Crippen molar-refractivity contribution in [3.63, 3.8) is 0 Å². The van der Waals surface area contributed by atoms with Crippen LogP contribution < -0.4 is 19.1 Å². The first-order chi connectivity index (χ1) is 31.4. The molecule has 0 radical (unpaired) electrons. The van der Waals surface area contributed by atoms with Gasteiger partial charge in [0.2, 0.25) is 0 Å². The average molecular weight is 874 g/mol. The lowest BCUT2D eigenvalue weighted by molar-refractivity contribution is 0.0642. The van der Waals surface area contributed by atoms with Crippen LogP contribution in [0.3, 0.4) is 0 Å². The van der Waals surface area contributed by atoms with Crippen LogP contribution in [-0.2, 0) is 21.2 Å². The summed E-state index contributed by atoms with van der Waals surface area (Å²) in [6, 6.07) is 31.8. The fraction of sp³-hybridized carbons (Fsp3) is 0.500. The van der Waals surface area contributed by atoms with Crippen molar-refractivity contribution in [3.8, 4) is 28.4 Å². The molecule has 0 aromatic heterocycles. The van der Waals surface area contributed by atoms with E-state index in [0.717, 1.165) is 79.4 Å². The highest BCUT2D eigenvalue weighted by Gasteiger charge is 2.56. The molecule has 3 unspecified atom stereocenters. The van der Waals surface area contributed by atoms with Gasteiger partial charge in [-0.05, 0) is 155 Å². The molecule has 3 atom stereocenters. The third-order valence-corrected chi connectivity index (χ3v) is 16.0. The SMILES string of the molecule is CC.CC.COc1ccc(C2(c3ccc(OC)cc3)C=Cc3c4c(c5cc(C67CCC(CC(C)C6)C7)c(N6CCOCC6)cc5c3O2)-c2ccccc2C42CC(C)(C)CC(C)(C)C2)cc1. The Labute approximate surface area is 390 Å². The van der Waals surface area contributed by atoms with E-state index in [1.807, 2.05) is 27.7 Å². The van der Waals surface area contributed by atoms with Crippen LogP contribution in [0.15, 0.2) is 91.0 Å². The summed E-state index contributed by atoms with van der Waals surface area (Å²) < 4.78 is 25.4. The monoisotopic (exact) mass is 874 g/mol. The van der Waals surface area contributed by atoms with E-state index >= 15 is 0 Å². The van der Waals surface area contributed by atoms with Gasteiger partial charge >= 0.3 is 0 Å². The summed E-state index contributed by atoms with van der Waals surface area (Å²) in [7, 11) is 3.46. The Kier molecular flexibility index (Phi) is 12.0. The number of rotatable bonds is 6. The molecule has 4 aliphatic carbocycles. The molecule has 2 heterocycles. The van der Waals surface area contributed by atoms with E-state index in [1.165, 1.54) is 82.8 Å². The van der Waals surface area contributed by atoms with Gasteiger partial charge in [-0.15, -0.1) is 0 Å². The molecular formula is C60H75NO4. The normalized spacial score (nSPS) is 24.6. The van der Waals surface area contributed by atoms with Crippen molar-refractivity contribution in [1.29, 1.82) is 0 Å². The molecule has 6 aliphatic rings. The van der Waals surface area contributed by atoms with E-state index in [1.54, 1.807) is 19.8 Å². The van der Waals surface area contributed by atoms with Crippen molar-refractivity contribution in [2.45, 2.75) is 130 Å². The van der Waals surface area contributed by atoms with Gasteiger partial charge in [-0.1, -0.05) is 117 Å². The van der Waals surface area contributed by atoms with E-state index in [-0.39, 0.29) is 21.7 Å². The van der Waals surface area contributed by atoms with Crippen molar-refractivity contribution in [3.05, 3.63) is 124 Å². The Hall–Kier alpha value is -4.74. The molecule has 1 saturated heterocycles. The van der Waals surface area contributed by atoms with E-state index in [0.29, 0.717) is 0 Å². The zero-order valence-corrected chi connectivity index (χ0v) is 41.5. The van der Waals surface area contributed by atoms with Crippen LogP contribution in [0.25, 0.3) is 28.0 Å². The zero-order valence-electron chi connectivity index (χ0n) is 41.5. The Balaban J connectivity index is 0.00000130. The first-order valence-corrected chi connectivity index (χ1v) is 25.2. The standard InChI is InChI=1S/C56H63NO4.2C2H6/c1-36-28-37-20-22-54(31-36,32-37)47-29-44-45(30-48(47)57-24-26-60-27-25-57)51-43(50-49(44)42-10-8-9-11-46(42)55(50)34-52(2,3)33-53(4,5)35-55)21-23-56(61-51,38-12-16-40(58-6)17-13-38)39-14-18-41(59-7)19-15-39;2*1-2/h8-19,21,23,29-30,36-37H,20,22,24-28,31-35H2,1-7H3;2*1-2H3. The quantitative estimate of drug-likeness (QED) is 0.170. The van der Waals surface area contributed by atoms with Gasteiger partial charge in [-0.2, -0.15) is 0 Å². The van der Waals surface area contributed by atoms with Gasteiger partial charge < -0.3 is 23.8 Å². The topological polar surface area (TPSA) is 40.2 Å². The molecule has 5 aromatic rings. The predicted molar refractivity (Wildman–Crippen MR) is 271 cm³/mol. The molecule has 1 spiro atoms. The molecular weight excluding hydrogens is 799 g/mol. The number of hydrogen-bond donors (Lipinski definition) is 0. The molecule has 0 N–H and O–H groups in total. The molecule has 2 bridgehead atoms. The Bertz CT molecular complexity index is 2500. The Morgan fingerprint density at radius 3 is 1.92 bits per heavy atom. The summed E-state index contributed by atoms with van der Waals surface area (Å²) in [4.78, 5) is 2.65. The number of fused-ring (bicyclic) bond motifs is 12. The highest BCUT2D eigenvalue weighted by molar-refractivity contribution is 6.10. The Morgan fingerprint density at radius 1 is 0.692 bits per heavy atom. The van der Waals surface area contributed by atoms with E-state index in [9.17, 15) is 0 Å². The molecule has 3 saturated carbocycles. The number of morpholine rings is 1. The van der Waals surface area contributed by atoms with Crippen molar-refractivity contribution in [1.82, 2.24) is 0 Å². The fourth-order valence-corrected chi connectivity index (χ4v) is 14.6. The van der Waals surface area contributed by atoms with Gasteiger partial charge in [0, 0.05) is 46.3 Å². The first kappa shape index (κ1) is 45.4. The number of methoxy groups -OCH3 is 2. The number of anilines is 1. The van der Waals surface area contributed by atoms with E-state index < -0.39 is 5.60 Å². The predicted octanol–water partition coefficient (Wildman–Crippen LogP) is 15.1. The fourth-order valence-electron chi connectivity index (χ4n) is 14.6. The summed E-state index contributed by atoms with van der Waals surface area (Å²) in [6.45, 7) is 23.9. The molecule has 2 aliphatic heterocycles. The molecule has 5 heteroatoms. The highest BCUT2D eigenvalue weighted by Crippen LogP contribution is 2.68. The minimum Gasteiger partial charge on any atom is -0.497 e. The second kappa shape index (κ2) is 17.2. The summed E-state index contributed by atoms with van der Waals surface area (Å²) >= 11 is 0. The van der Waals surface area contributed by atoms with Crippen LogP contribution in [0.1, 0.15) is 147 Å². The number of nitrogens with zero attached hydrogens (tertiary/aromatic N) is 1. The van der Waals surface area contributed by atoms with Crippen LogP contribution in [-0.4, -0.2) is 40.5 Å². The zero-order chi connectivity index (χ0) is 45.9. The van der Waals surface area contributed by atoms with Crippen molar-refractivity contribution < 1.29 is 18.9 Å². The largest absolute Gasteiger partial charge is 0.497 e. The lowest BCUT2D eigenvalue weighted by Gasteiger charge is -2.52. The minimum atomic E-state index is -0.898. The maximum Gasteiger partial charge on any atom is 0.178 e. The smallest absolute Gasteiger partial charge is 0.178 e.